The van der Waals surface area contributed by atoms with E-state index in [-0.39, 0.29) is 5.41 Å². The maximum atomic E-state index is 11.9. The Labute approximate surface area is 148 Å². The van der Waals surface area contributed by atoms with Gasteiger partial charge >= 0.3 is 6.09 Å². The summed E-state index contributed by atoms with van der Waals surface area (Å²) in [5, 5.41) is 9.78. The molecule has 4 rings (SSSR count). The Hall–Kier alpha value is -2.53. The number of hydrogen-bond acceptors (Lipinski definition) is 3. The van der Waals surface area contributed by atoms with Crippen molar-refractivity contribution in [3.8, 4) is 0 Å². The normalized spacial score (nSPS) is 24.9. The van der Waals surface area contributed by atoms with E-state index < -0.39 is 6.09 Å². The van der Waals surface area contributed by atoms with E-state index in [2.05, 4.69) is 43.0 Å². The summed E-state index contributed by atoms with van der Waals surface area (Å²) in [6.45, 7) is 3.34. The van der Waals surface area contributed by atoms with Crippen LogP contribution in [0.5, 0.6) is 0 Å². The van der Waals surface area contributed by atoms with Crippen LogP contribution in [0.25, 0.3) is 0 Å². The second kappa shape index (κ2) is 5.49. The Kier molecular flexibility index (Phi) is 3.51. The van der Waals surface area contributed by atoms with Crippen molar-refractivity contribution in [1.82, 2.24) is 4.90 Å². The molecule has 1 unspecified atom stereocenters. The van der Waals surface area contributed by atoms with E-state index in [9.17, 15) is 9.90 Å². The fraction of sp³-hybridized carbons (Fsp3) is 0.350. The zero-order valence-electron chi connectivity index (χ0n) is 14.8. The molecule has 2 aliphatic rings. The van der Waals surface area contributed by atoms with Gasteiger partial charge in [-0.05, 0) is 49.4 Å². The first kappa shape index (κ1) is 16.0. The average molecular weight is 337 g/mol. The van der Waals surface area contributed by atoms with E-state index in [1.165, 1.54) is 16.2 Å². The maximum Gasteiger partial charge on any atom is 0.416 e. The molecule has 0 saturated carbocycles. The van der Waals surface area contributed by atoms with Crippen LogP contribution < -0.4 is 9.80 Å². The number of likely N-dealkylation sites (N-methyl/N-ethyl adjacent to an activating group) is 2. The third kappa shape index (κ3) is 2.23. The van der Waals surface area contributed by atoms with Crippen LogP contribution in [-0.4, -0.2) is 42.9 Å². The van der Waals surface area contributed by atoms with Gasteiger partial charge in [-0.25, -0.2) is 9.69 Å². The first-order valence-electron chi connectivity index (χ1n) is 8.59. The summed E-state index contributed by atoms with van der Waals surface area (Å²) in [7, 11) is 4.29. The van der Waals surface area contributed by atoms with Crippen molar-refractivity contribution in [2.24, 2.45) is 0 Å². The molecule has 1 fully saturated rings. The zero-order valence-corrected chi connectivity index (χ0v) is 14.8. The Balaban J connectivity index is 1.82. The van der Waals surface area contributed by atoms with Gasteiger partial charge in [-0.3, -0.25) is 4.90 Å². The molecule has 2 aliphatic heterocycles. The number of carbonyl (C=O) groups is 1. The predicted octanol–water partition coefficient (Wildman–Crippen LogP) is 3.87. The van der Waals surface area contributed by atoms with Gasteiger partial charge in [0.25, 0.3) is 0 Å². The third-order valence-corrected chi connectivity index (χ3v) is 5.78. The van der Waals surface area contributed by atoms with Crippen LogP contribution in [0, 0.1) is 0 Å². The number of anilines is 3. The Morgan fingerprint density at radius 3 is 2.56 bits per heavy atom. The second-order valence-electron chi connectivity index (χ2n) is 7.29. The van der Waals surface area contributed by atoms with Gasteiger partial charge in [0.05, 0.1) is 17.5 Å². The summed E-state index contributed by atoms with van der Waals surface area (Å²) < 4.78 is 0. The highest BCUT2D eigenvalue weighted by Crippen LogP contribution is 2.52. The zero-order chi connectivity index (χ0) is 17.8. The first-order valence-corrected chi connectivity index (χ1v) is 8.59. The van der Waals surface area contributed by atoms with Gasteiger partial charge in [-0.2, -0.15) is 0 Å². The number of amides is 1. The average Bonchev–Trinajstić information content (AvgIpc) is 3.01. The van der Waals surface area contributed by atoms with Crippen LogP contribution in [-0.2, 0) is 5.41 Å². The molecule has 1 saturated heterocycles. The molecule has 1 amide bonds. The van der Waals surface area contributed by atoms with Crippen molar-refractivity contribution in [2.45, 2.75) is 24.9 Å². The molecule has 2 heterocycles. The molecule has 0 aliphatic carbocycles. The molecule has 2 aromatic carbocycles. The van der Waals surface area contributed by atoms with Gasteiger partial charge in [0, 0.05) is 24.7 Å². The lowest BCUT2D eigenvalue weighted by molar-refractivity contribution is 0.205. The summed E-state index contributed by atoms with van der Waals surface area (Å²) in [4.78, 5) is 18.0. The summed E-state index contributed by atoms with van der Waals surface area (Å²) in [6.07, 6.45) is 0.434. The number of nitrogens with zero attached hydrogens (tertiary/aromatic N) is 3. The van der Waals surface area contributed by atoms with E-state index >= 15 is 0 Å². The van der Waals surface area contributed by atoms with Crippen LogP contribution in [0.3, 0.4) is 0 Å². The van der Waals surface area contributed by atoms with Gasteiger partial charge in [0.1, 0.15) is 0 Å². The lowest BCUT2D eigenvalue weighted by atomic mass is 9.81. The Morgan fingerprint density at radius 2 is 1.88 bits per heavy atom. The highest BCUT2D eigenvalue weighted by molar-refractivity contribution is 5.95. The number of benzene rings is 2. The smallest absolute Gasteiger partial charge is 0.416 e. The number of fused-ring (bicyclic) bond motifs is 3. The van der Waals surface area contributed by atoms with Gasteiger partial charge in [-0.1, -0.05) is 25.1 Å². The fourth-order valence-corrected chi connectivity index (χ4v) is 4.65. The molecule has 1 N–H and O–H groups in total. The number of rotatable bonds is 2. The highest BCUT2D eigenvalue weighted by atomic mass is 16.4. The molecule has 130 valence electrons. The molecule has 0 radical (unpaired) electrons. The summed E-state index contributed by atoms with van der Waals surface area (Å²) in [5.41, 5.74) is 3.81. The lowest BCUT2D eigenvalue weighted by Crippen LogP contribution is -2.45. The van der Waals surface area contributed by atoms with E-state index in [0.29, 0.717) is 17.5 Å². The van der Waals surface area contributed by atoms with Crippen LogP contribution in [0.4, 0.5) is 21.9 Å². The number of carboxylic acid groups (broad SMARTS) is 1. The predicted molar refractivity (Wildman–Crippen MR) is 99.8 cm³/mol. The van der Waals surface area contributed by atoms with Crippen LogP contribution in [0.2, 0.25) is 0 Å². The first-order chi connectivity index (χ1) is 11.9. The minimum absolute atomic E-state index is 0.0235. The molecule has 2 atom stereocenters. The summed E-state index contributed by atoms with van der Waals surface area (Å²) in [5.74, 6) is 0. The van der Waals surface area contributed by atoms with Crippen LogP contribution in [0.1, 0.15) is 18.9 Å². The topological polar surface area (TPSA) is 47.0 Å². The standard InChI is InChI=1S/C20H23N3O2/c1-20-11-12-21(2)18(20)22(3)17-10-9-15(13-16(17)20)23(19(24)25)14-7-5-4-6-8-14/h4-10,13,18H,11-12H2,1-3H3,(H,24,25)/t18?,20-/m0/s1. The SMILES string of the molecule is CN1CC[C@@]2(C)c3cc(N(C(=O)O)c4ccccc4)ccc3N(C)C12. The highest BCUT2D eigenvalue weighted by Gasteiger charge is 2.52. The van der Waals surface area contributed by atoms with Gasteiger partial charge in [0.15, 0.2) is 0 Å². The minimum Gasteiger partial charge on any atom is -0.464 e. The van der Waals surface area contributed by atoms with Gasteiger partial charge < -0.3 is 10.0 Å². The summed E-state index contributed by atoms with van der Waals surface area (Å²) >= 11 is 0. The molecule has 0 spiro atoms. The van der Waals surface area contributed by atoms with E-state index in [1.54, 1.807) is 0 Å². The largest absolute Gasteiger partial charge is 0.464 e. The molecule has 2 aromatic rings. The minimum atomic E-state index is -0.970. The van der Waals surface area contributed by atoms with Crippen molar-refractivity contribution in [3.63, 3.8) is 0 Å². The molecule has 0 bridgehead atoms. The van der Waals surface area contributed by atoms with Crippen molar-refractivity contribution >= 4 is 23.2 Å². The Morgan fingerprint density at radius 1 is 1.16 bits per heavy atom. The van der Waals surface area contributed by atoms with Crippen molar-refractivity contribution in [1.29, 1.82) is 0 Å². The lowest BCUT2D eigenvalue weighted by Gasteiger charge is -2.32. The number of likely N-dealkylation sites (tertiary alicyclic amines) is 1. The fourth-order valence-electron chi connectivity index (χ4n) is 4.65. The second-order valence-corrected chi connectivity index (χ2v) is 7.29. The van der Waals surface area contributed by atoms with Gasteiger partial charge in [-0.15, -0.1) is 0 Å². The summed E-state index contributed by atoms with van der Waals surface area (Å²) in [6, 6.07) is 15.3. The quantitative estimate of drug-likeness (QED) is 0.904. The molecule has 25 heavy (non-hydrogen) atoms. The maximum absolute atomic E-state index is 11.9. The van der Waals surface area contributed by atoms with Crippen LogP contribution >= 0.6 is 0 Å². The molecule has 5 nitrogen and oxygen atoms in total. The van der Waals surface area contributed by atoms with E-state index in [1.807, 2.05) is 36.4 Å². The monoisotopic (exact) mass is 337 g/mol. The molecule has 0 aromatic heterocycles. The molecule has 5 heteroatoms. The third-order valence-electron chi connectivity index (χ3n) is 5.78. The van der Waals surface area contributed by atoms with E-state index in [4.69, 9.17) is 0 Å². The van der Waals surface area contributed by atoms with Gasteiger partial charge in [0.2, 0.25) is 0 Å². The number of hydrogen-bond donors (Lipinski definition) is 1. The van der Waals surface area contributed by atoms with Crippen molar-refractivity contribution < 1.29 is 9.90 Å². The Bertz CT molecular complexity index is 823. The van der Waals surface area contributed by atoms with Crippen molar-refractivity contribution in [3.05, 3.63) is 54.1 Å². The van der Waals surface area contributed by atoms with Crippen LogP contribution in [0.15, 0.2) is 48.5 Å². The van der Waals surface area contributed by atoms with E-state index in [0.717, 1.165) is 13.0 Å². The molecular weight excluding hydrogens is 314 g/mol. The van der Waals surface area contributed by atoms with Crippen molar-refractivity contribution in [2.75, 3.05) is 30.4 Å². The molecular formula is C20H23N3O2. The number of para-hydroxylation sites is 1.